The van der Waals surface area contributed by atoms with E-state index in [-0.39, 0.29) is 0 Å². The summed E-state index contributed by atoms with van der Waals surface area (Å²) in [6.07, 6.45) is 3.79. The molecule has 1 aromatic carbocycles. The fourth-order valence-corrected chi connectivity index (χ4v) is 2.62. The van der Waals surface area contributed by atoms with Crippen molar-refractivity contribution in [1.29, 1.82) is 0 Å². The lowest BCUT2D eigenvalue weighted by molar-refractivity contribution is 0.953. The molecule has 3 aromatic heterocycles. The lowest BCUT2D eigenvalue weighted by Crippen LogP contribution is -1.92. The Balaban J connectivity index is 1.98. The first-order chi connectivity index (χ1) is 9.72. The molecule has 4 aromatic rings. The molecule has 4 rings (SSSR count). The maximum absolute atomic E-state index is 6.00. The first-order valence-electron chi connectivity index (χ1n) is 6.28. The Morgan fingerprint density at radius 2 is 1.85 bits per heavy atom. The second kappa shape index (κ2) is 4.08. The molecule has 0 aliphatic heterocycles. The van der Waals surface area contributed by atoms with Crippen LogP contribution in [-0.4, -0.2) is 18.9 Å². The van der Waals surface area contributed by atoms with E-state index in [4.69, 9.17) is 11.6 Å². The van der Waals surface area contributed by atoms with Crippen LogP contribution in [0, 0.1) is 0 Å². The predicted octanol–water partition coefficient (Wildman–Crippen LogP) is 3.54. The fraction of sp³-hybridized carbons (Fsp3) is 0.0667. The summed E-state index contributed by atoms with van der Waals surface area (Å²) in [5.74, 6) is 0.853. The molecule has 0 atom stereocenters. The van der Waals surface area contributed by atoms with Crippen LogP contribution < -0.4 is 0 Å². The number of hydrogen-bond acceptors (Lipinski definition) is 2. The molecular weight excluding hydrogens is 272 g/mol. The van der Waals surface area contributed by atoms with Crippen molar-refractivity contribution >= 4 is 28.3 Å². The summed E-state index contributed by atoms with van der Waals surface area (Å²) in [5.41, 5.74) is 3.76. The minimum absolute atomic E-state index is 0.687. The molecule has 4 nitrogen and oxygen atoms in total. The molecule has 98 valence electrons. The van der Waals surface area contributed by atoms with Crippen LogP contribution in [0.3, 0.4) is 0 Å². The van der Waals surface area contributed by atoms with E-state index >= 15 is 0 Å². The highest BCUT2D eigenvalue weighted by atomic mass is 35.5. The second-order valence-corrected chi connectivity index (χ2v) is 5.16. The number of benzene rings is 1. The van der Waals surface area contributed by atoms with Crippen LogP contribution >= 0.6 is 11.6 Å². The summed E-state index contributed by atoms with van der Waals surface area (Å²) < 4.78 is 3.97. The molecule has 0 N–H and O–H groups in total. The Morgan fingerprint density at radius 3 is 2.70 bits per heavy atom. The minimum atomic E-state index is 0.687. The first-order valence-corrected chi connectivity index (χ1v) is 6.66. The Morgan fingerprint density at radius 1 is 1.00 bits per heavy atom. The van der Waals surface area contributed by atoms with Crippen molar-refractivity contribution < 1.29 is 0 Å². The zero-order valence-electron chi connectivity index (χ0n) is 10.8. The normalized spacial score (nSPS) is 11.5. The summed E-state index contributed by atoms with van der Waals surface area (Å²) in [6.45, 7) is 0. The van der Waals surface area contributed by atoms with Gasteiger partial charge in [0.05, 0.1) is 16.1 Å². The van der Waals surface area contributed by atoms with Crippen LogP contribution in [0.25, 0.3) is 28.2 Å². The Bertz CT molecular complexity index is 936. The molecule has 3 heterocycles. The molecule has 0 unspecified atom stereocenters. The maximum atomic E-state index is 6.00. The second-order valence-electron chi connectivity index (χ2n) is 4.72. The van der Waals surface area contributed by atoms with Gasteiger partial charge in [-0.05, 0) is 24.3 Å². The van der Waals surface area contributed by atoms with Crippen LogP contribution in [-0.2, 0) is 7.05 Å². The fourth-order valence-electron chi connectivity index (χ4n) is 2.45. The smallest absolute Gasteiger partial charge is 0.161 e. The molecule has 0 fully saturated rings. The topological polar surface area (TPSA) is 35.1 Å². The van der Waals surface area contributed by atoms with E-state index in [0.29, 0.717) is 5.02 Å². The molecule has 20 heavy (non-hydrogen) atoms. The van der Waals surface area contributed by atoms with Gasteiger partial charge < -0.3 is 8.97 Å². The van der Waals surface area contributed by atoms with Gasteiger partial charge in [0, 0.05) is 19.4 Å². The van der Waals surface area contributed by atoms with Crippen LogP contribution in [0.15, 0.2) is 48.8 Å². The van der Waals surface area contributed by atoms with Crippen LogP contribution in [0.1, 0.15) is 0 Å². The average Bonchev–Trinajstić information content (AvgIpc) is 3.00. The number of aryl methyl sites for hydroxylation is 1. The van der Waals surface area contributed by atoms with Gasteiger partial charge in [0.1, 0.15) is 11.3 Å². The summed E-state index contributed by atoms with van der Waals surface area (Å²) in [7, 11) is 2.00. The molecule has 0 saturated heterocycles. The van der Waals surface area contributed by atoms with Crippen molar-refractivity contribution in [3.8, 4) is 11.5 Å². The van der Waals surface area contributed by atoms with Crippen molar-refractivity contribution in [2.45, 2.75) is 0 Å². The van der Waals surface area contributed by atoms with E-state index in [1.807, 2.05) is 54.2 Å². The number of fused-ring (bicyclic) bond motifs is 2. The number of aromatic nitrogens is 4. The zero-order valence-corrected chi connectivity index (χ0v) is 11.5. The third-order valence-electron chi connectivity index (χ3n) is 3.43. The molecule has 0 saturated carbocycles. The van der Waals surface area contributed by atoms with Crippen molar-refractivity contribution in [3.63, 3.8) is 0 Å². The molecule has 0 radical (unpaired) electrons. The molecular formula is C15H11ClN4. The molecule has 0 spiro atoms. The summed E-state index contributed by atoms with van der Waals surface area (Å²) >= 11 is 6.00. The van der Waals surface area contributed by atoms with Gasteiger partial charge >= 0.3 is 0 Å². The Hall–Kier alpha value is -2.33. The quantitative estimate of drug-likeness (QED) is 0.535. The van der Waals surface area contributed by atoms with E-state index in [0.717, 1.165) is 28.2 Å². The van der Waals surface area contributed by atoms with Crippen molar-refractivity contribution in [1.82, 2.24) is 18.9 Å². The van der Waals surface area contributed by atoms with Gasteiger partial charge in [-0.15, -0.1) is 0 Å². The van der Waals surface area contributed by atoms with Gasteiger partial charge in [-0.1, -0.05) is 23.7 Å². The Kier molecular flexibility index (Phi) is 2.35. The third kappa shape index (κ3) is 1.62. The summed E-state index contributed by atoms with van der Waals surface area (Å²) in [4.78, 5) is 9.26. The predicted molar refractivity (Wildman–Crippen MR) is 79.9 cm³/mol. The van der Waals surface area contributed by atoms with Crippen LogP contribution in [0.4, 0.5) is 0 Å². The van der Waals surface area contributed by atoms with Gasteiger partial charge in [0.2, 0.25) is 0 Å². The average molecular weight is 283 g/mol. The van der Waals surface area contributed by atoms with Crippen molar-refractivity contribution in [2.75, 3.05) is 0 Å². The van der Waals surface area contributed by atoms with E-state index in [2.05, 4.69) is 20.6 Å². The number of pyridine rings is 1. The molecule has 0 aliphatic carbocycles. The monoisotopic (exact) mass is 282 g/mol. The minimum Gasteiger partial charge on any atom is -0.326 e. The third-order valence-corrected chi connectivity index (χ3v) is 3.65. The number of hydrogen-bond donors (Lipinski definition) is 0. The van der Waals surface area contributed by atoms with Crippen LogP contribution in [0.2, 0.25) is 5.02 Å². The number of nitrogens with zero attached hydrogens (tertiary/aromatic N) is 4. The van der Waals surface area contributed by atoms with Crippen LogP contribution in [0.5, 0.6) is 0 Å². The van der Waals surface area contributed by atoms with Gasteiger partial charge in [0.25, 0.3) is 0 Å². The zero-order chi connectivity index (χ0) is 13.7. The SMILES string of the molecule is Cn1c(-c2cn3cc(Cl)ccc3n2)nc2ccccc21. The molecule has 0 bridgehead atoms. The highest BCUT2D eigenvalue weighted by Gasteiger charge is 2.12. The first kappa shape index (κ1) is 11.5. The standard InChI is InChI=1S/C15H11ClN4/c1-19-13-5-3-2-4-11(13)18-15(19)12-9-20-8-10(16)6-7-14(20)17-12/h2-9H,1H3. The van der Waals surface area contributed by atoms with E-state index in [1.165, 1.54) is 0 Å². The molecule has 0 amide bonds. The number of para-hydroxylation sites is 2. The van der Waals surface area contributed by atoms with E-state index < -0.39 is 0 Å². The van der Waals surface area contributed by atoms with E-state index in [9.17, 15) is 0 Å². The highest BCUT2D eigenvalue weighted by Crippen LogP contribution is 2.23. The van der Waals surface area contributed by atoms with Gasteiger partial charge in [-0.25, -0.2) is 9.97 Å². The molecule has 0 aliphatic rings. The number of halogens is 1. The van der Waals surface area contributed by atoms with E-state index in [1.54, 1.807) is 0 Å². The lowest BCUT2D eigenvalue weighted by Gasteiger charge is -1.97. The maximum Gasteiger partial charge on any atom is 0.161 e. The van der Waals surface area contributed by atoms with Crippen molar-refractivity contribution in [2.24, 2.45) is 7.05 Å². The highest BCUT2D eigenvalue weighted by molar-refractivity contribution is 6.30. The summed E-state index contributed by atoms with van der Waals surface area (Å²) in [6, 6.07) is 11.8. The van der Waals surface area contributed by atoms with Gasteiger partial charge in [-0.2, -0.15) is 0 Å². The summed E-state index contributed by atoms with van der Waals surface area (Å²) in [5, 5.41) is 0.687. The lowest BCUT2D eigenvalue weighted by atomic mass is 10.3. The van der Waals surface area contributed by atoms with Gasteiger partial charge in [0.15, 0.2) is 5.82 Å². The van der Waals surface area contributed by atoms with Crippen molar-refractivity contribution in [3.05, 3.63) is 53.8 Å². The van der Waals surface area contributed by atoms with Gasteiger partial charge in [-0.3, -0.25) is 0 Å². The Labute approximate surface area is 120 Å². The number of rotatable bonds is 1. The largest absolute Gasteiger partial charge is 0.326 e. The number of imidazole rings is 2. The molecule has 5 heteroatoms.